The summed E-state index contributed by atoms with van der Waals surface area (Å²) in [7, 11) is -1.54. The zero-order chi connectivity index (χ0) is 30.5. The molecule has 13 heteroatoms. The molecular formula is C29H35FN6O5S. The number of aromatic nitrogens is 3. The Morgan fingerprint density at radius 2 is 1.88 bits per heavy atom. The van der Waals surface area contributed by atoms with Gasteiger partial charge in [-0.3, -0.25) is 10.3 Å². The van der Waals surface area contributed by atoms with Gasteiger partial charge in [0.15, 0.2) is 5.76 Å². The number of rotatable bonds is 5. The number of halogens is 1. The van der Waals surface area contributed by atoms with Crippen molar-refractivity contribution in [2.75, 3.05) is 12.9 Å². The lowest BCUT2D eigenvalue weighted by Gasteiger charge is -2.42. The van der Waals surface area contributed by atoms with Gasteiger partial charge in [-0.25, -0.2) is 27.7 Å². The minimum absolute atomic E-state index is 0.0353. The topological polar surface area (TPSA) is 141 Å². The molecule has 0 spiro atoms. The molecule has 42 heavy (non-hydrogen) atoms. The van der Waals surface area contributed by atoms with Crippen LogP contribution in [0.4, 0.5) is 9.18 Å². The van der Waals surface area contributed by atoms with Crippen molar-refractivity contribution in [1.82, 2.24) is 20.4 Å². The van der Waals surface area contributed by atoms with Crippen molar-refractivity contribution in [3.63, 3.8) is 0 Å². The molecule has 0 saturated heterocycles. The number of methoxy groups -OCH3 is 1. The highest BCUT2D eigenvalue weighted by Gasteiger charge is 2.50. The van der Waals surface area contributed by atoms with Gasteiger partial charge in [-0.05, 0) is 72.6 Å². The molecule has 2 atom stereocenters. The average Bonchev–Trinajstić information content (AvgIpc) is 3.57. The summed E-state index contributed by atoms with van der Waals surface area (Å²) in [4.78, 5) is 26.1. The van der Waals surface area contributed by atoms with Gasteiger partial charge in [0.2, 0.25) is 5.88 Å². The van der Waals surface area contributed by atoms with E-state index in [0.717, 1.165) is 12.8 Å². The number of carbonyl (C=O) groups is 1. The Hall–Kier alpha value is -3.87. The molecule has 11 nitrogen and oxygen atoms in total. The summed E-state index contributed by atoms with van der Waals surface area (Å²) in [5.74, 6) is 0.274. The molecule has 1 fully saturated rings. The Morgan fingerprint density at radius 1 is 1.14 bits per heavy atom. The normalized spacial score (nSPS) is 23.6. The number of benzene rings is 1. The number of nitrogens with one attached hydrogen (secondary N) is 1. The van der Waals surface area contributed by atoms with Crippen LogP contribution in [0.3, 0.4) is 0 Å². The first-order valence-corrected chi connectivity index (χ1v) is 15.3. The van der Waals surface area contributed by atoms with Gasteiger partial charge in [0.25, 0.3) is 0 Å². The molecule has 3 aromatic rings. The van der Waals surface area contributed by atoms with Gasteiger partial charge in [0.05, 0.1) is 41.0 Å². The van der Waals surface area contributed by atoms with E-state index in [1.165, 1.54) is 25.6 Å². The predicted octanol–water partition coefficient (Wildman–Crippen LogP) is 5.51. The van der Waals surface area contributed by atoms with Gasteiger partial charge in [-0.15, -0.1) is 0 Å². The summed E-state index contributed by atoms with van der Waals surface area (Å²) in [6.07, 6.45) is 3.92. The maximum absolute atomic E-state index is 15.6. The zero-order valence-electron chi connectivity index (χ0n) is 24.7. The number of hydrogen-bond donors (Lipinski definition) is 1. The van der Waals surface area contributed by atoms with Crippen LogP contribution in [-0.2, 0) is 20.0 Å². The second-order valence-electron chi connectivity index (χ2n) is 12.2. The molecule has 1 N–H and O–H groups in total. The van der Waals surface area contributed by atoms with Crippen LogP contribution in [0.2, 0.25) is 0 Å². The third-order valence-electron chi connectivity index (χ3n) is 7.13. The molecule has 3 heterocycles. The lowest BCUT2D eigenvalue weighted by molar-refractivity contribution is 0.0560. The second-order valence-corrected chi connectivity index (χ2v) is 15.0. The Labute approximate surface area is 244 Å². The van der Waals surface area contributed by atoms with Gasteiger partial charge in [0.1, 0.15) is 38.9 Å². The van der Waals surface area contributed by atoms with Crippen molar-refractivity contribution in [2.24, 2.45) is 9.36 Å². The minimum atomic E-state index is -3.04. The lowest BCUT2D eigenvalue weighted by Crippen LogP contribution is -2.58. The molecule has 2 aliphatic rings. The number of nitrogens with zero attached hydrogens (tertiary/aromatic N) is 5. The smallest absolute Gasteiger partial charge is 0.413 e. The number of amidine groups is 1. The first-order chi connectivity index (χ1) is 19.6. The number of ether oxygens (including phenoxy) is 2. The van der Waals surface area contributed by atoms with E-state index in [2.05, 4.69) is 20.4 Å². The molecule has 1 aliphatic carbocycles. The molecule has 2 aromatic heterocycles. The average molecular weight is 599 g/mol. The SMILES string of the molecule is COc1cnc(-c2cc(-c3ccc(F)c([C@]4(C)C[S@](=O)(=NC5CC5)C(C)(C)C(NC(=O)OC(C)(C)C)=N4)c3)on2)cn1. The van der Waals surface area contributed by atoms with Crippen LogP contribution < -0.4 is 10.1 Å². The minimum Gasteiger partial charge on any atom is -0.480 e. The second kappa shape index (κ2) is 10.4. The summed E-state index contributed by atoms with van der Waals surface area (Å²) < 4.78 is 49.9. The molecule has 1 aliphatic heterocycles. The molecule has 5 rings (SSSR count). The van der Waals surface area contributed by atoms with E-state index >= 15 is 4.39 Å². The number of alkyl carbamates (subject to hydrolysis) is 1. The molecular weight excluding hydrogens is 563 g/mol. The van der Waals surface area contributed by atoms with E-state index < -0.39 is 37.5 Å². The van der Waals surface area contributed by atoms with Crippen LogP contribution in [-0.4, -0.2) is 60.5 Å². The Balaban J connectivity index is 1.56. The Kier molecular flexibility index (Phi) is 7.36. The van der Waals surface area contributed by atoms with Crippen molar-refractivity contribution >= 4 is 21.7 Å². The van der Waals surface area contributed by atoms with E-state index in [4.69, 9.17) is 23.4 Å². The monoisotopic (exact) mass is 598 g/mol. The van der Waals surface area contributed by atoms with Crippen LogP contribution in [0.15, 0.2) is 50.5 Å². The molecule has 1 aromatic carbocycles. The fourth-order valence-electron chi connectivity index (χ4n) is 4.61. The largest absolute Gasteiger partial charge is 0.480 e. The van der Waals surface area contributed by atoms with Gasteiger partial charge >= 0.3 is 6.09 Å². The maximum Gasteiger partial charge on any atom is 0.413 e. The quantitative estimate of drug-likeness (QED) is 0.405. The Morgan fingerprint density at radius 3 is 2.50 bits per heavy atom. The maximum atomic E-state index is 15.6. The number of hydrogen-bond acceptors (Lipinski definition) is 10. The molecule has 0 bridgehead atoms. The highest BCUT2D eigenvalue weighted by atomic mass is 32.2. The van der Waals surface area contributed by atoms with Gasteiger partial charge in [0, 0.05) is 17.2 Å². The first kappa shape index (κ1) is 29.6. The van der Waals surface area contributed by atoms with Crippen LogP contribution in [0.1, 0.15) is 59.9 Å². The van der Waals surface area contributed by atoms with Gasteiger partial charge in [-0.2, -0.15) is 0 Å². The third kappa shape index (κ3) is 5.87. The van der Waals surface area contributed by atoms with E-state index in [0.29, 0.717) is 28.6 Å². The van der Waals surface area contributed by atoms with Crippen molar-refractivity contribution in [3.05, 3.63) is 48.0 Å². The highest BCUT2D eigenvalue weighted by Crippen LogP contribution is 2.42. The lowest BCUT2D eigenvalue weighted by atomic mass is 9.91. The highest BCUT2D eigenvalue weighted by molar-refractivity contribution is 7.95. The van der Waals surface area contributed by atoms with E-state index in [-0.39, 0.29) is 23.2 Å². The number of amides is 1. The van der Waals surface area contributed by atoms with Gasteiger partial charge < -0.3 is 14.0 Å². The molecule has 1 saturated carbocycles. The zero-order valence-corrected chi connectivity index (χ0v) is 25.5. The molecule has 1 amide bonds. The van der Waals surface area contributed by atoms with Crippen molar-refractivity contribution in [1.29, 1.82) is 0 Å². The van der Waals surface area contributed by atoms with Crippen molar-refractivity contribution in [2.45, 2.75) is 76.3 Å². The van der Waals surface area contributed by atoms with E-state index in [1.807, 2.05) is 0 Å². The first-order valence-electron chi connectivity index (χ1n) is 13.6. The predicted molar refractivity (Wildman–Crippen MR) is 156 cm³/mol. The summed E-state index contributed by atoms with van der Waals surface area (Å²) in [6, 6.07) is 6.11. The Bertz CT molecular complexity index is 1670. The van der Waals surface area contributed by atoms with Crippen LogP contribution in [0.25, 0.3) is 22.7 Å². The summed E-state index contributed by atoms with van der Waals surface area (Å²) >= 11 is 0. The van der Waals surface area contributed by atoms with Gasteiger partial charge in [-0.1, -0.05) is 5.16 Å². The van der Waals surface area contributed by atoms with E-state index in [9.17, 15) is 9.00 Å². The third-order valence-corrected chi connectivity index (χ3v) is 10.5. The van der Waals surface area contributed by atoms with Crippen LogP contribution in [0, 0.1) is 5.82 Å². The fourth-order valence-corrected chi connectivity index (χ4v) is 7.38. The van der Waals surface area contributed by atoms with Crippen molar-refractivity contribution < 1.29 is 27.4 Å². The molecule has 224 valence electrons. The fraction of sp³-hybridized carbons (Fsp3) is 0.483. The van der Waals surface area contributed by atoms with Crippen molar-refractivity contribution in [3.8, 4) is 28.6 Å². The standard InChI is InChI=1S/C29H35FN6O5S/c1-27(2,3)40-26(37)33-25-28(4,5)42(38,36-18-9-10-18)16-29(6,34-25)19-12-17(8-11-20(19)30)23-13-21(35-41-23)22-14-32-24(39-7)15-31-22/h8,11-15,18H,9-10,16H2,1-7H3,(H,33,34,37)/t29-,42+/m0/s1. The summed E-state index contributed by atoms with van der Waals surface area (Å²) in [5, 5.41) is 6.81. The van der Waals surface area contributed by atoms with Crippen LogP contribution >= 0.6 is 0 Å². The number of aliphatic imine (C=N–C) groups is 1. The van der Waals surface area contributed by atoms with Crippen LogP contribution in [0.5, 0.6) is 5.88 Å². The molecule has 0 radical (unpaired) electrons. The summed E-state index contributed by atoms with van der Waals surface area (Å²) in [6.45, 7) is 10.4. The van der Waals surface area contributed by atoms with E-state index in [1.54, 1.807) is 59.7 Å². The molecule has 0 unspecified atom stereocenters. The summed E-state index contributed by atoms with van der Waals surface area (Å²) in [5.41, 5.74) is -0.483. The number of carbonyl (C=O) groups excluding carboxylic acids is 1.